The van der Waals surface area contributed by atoms with Gasteiger partial charge < -0.3 is 15.5 Å². The van der Waals surface area contributed by atoms with Gasteiger partial charge in [0.05, 0.1) is 19.3 Å². The predicted octanol–water partition coefficient (Wildman–Crippen LogP) is 1.08. The lowest BCUT2D eigenvalue weighted by Gasteiger charge is -2.09. The smallest absolute Gasteiger partial charge is 0.269 e. The monoisotopic (exact) mass is 352 g/mol. The van der Waals surface area contributed by atoms with Crippen LogP contribution in [0.3, 0.4) is 0 Å². The van der Waals surface area contributed by atoms with E-state index in [9.17, 15) is 9.90 Å². The van der Waals surface area contributed by atoms with E-state index in [1.807, 2.05) is 41.2 Å². The lowest BCUT2D eigenvalue weighted by molar-refractivity contribution is 0.0799. The molecule has 0 saturated heterocycles. The summed E-state index contributed by atoms with van der Waals surface area (Å²) in [6, 6.07) is 13.4. The third kappa shape index (κ3) is 4.53. The molecule has 0 saturated carbocycles. The predicted molar refractivity (Wildman–Crippen MR) is 96.4 cm³/mol. The largest absolute Gasteiger partial charge is 0.394 e. The van der Waals surface area contributed by atoms with Gasteiger partial charge in [-0.25, -0.2) is 0 Å². The Morgan fingerprint density at radius 2 is 2.08 bits per heavy atom. The second kappa shape index (κ2) is 8.37. The van der Waals surface area contributed by atoms with E-state index in [0.29, 0.717) is 6.54 Å². The molecule has 2 aromatic heterocycles. The maximum atomic E-state index is 12.0. The molecule has 0 fully saturated rings. The molecule has 7 nitrogen and oxygen atoms in total. The molecule has 0 aliphatic carbocycles. The third-order valence-electron chi connectivity index (χ3n) is 3.87. The molecule has 1 aromatic carbocycles. The van der Waals surface area contributed by atoms with Crippen LogP contribution in [0.1, 0.15) is 16.1 Å². The highest BCUT2D eigenvalue weighted by Crippen LogP contribution is 2.20. The van der Waals surface area contributed by atoms with E-state index in [-0.39, 0.29) is 12.2 Å². The van der Waals surface area contributed by atoms with Crippen molar-refractivity contribution in [2.45, 2.75) is 12.6 Å². The van der Waals surface area contributed by atoms with Crippen molar-refractivity contribution in [2.75, 3.05) is 13.2 Å². The summed E-state index contributed by atoms with van der Waals surface area (Å²) in [6.45, 7) is 0.262. The lowest BCUT2D eigenvalue weighted by Crippen LogP contribution is -2.34. The lowest BCUT2D eigenvalue weighted by atomic mass is 10.0. The minimum Gasteiger partial charge on any atom is -0.394 e. The average Bonchev–Trinajstić information content (AvgIpc) is 3.19. The summed E-state index contributed by atoms with van der Waals surface area (Å²) in [4.78, 5) is 16.2. The molecule has 0 bridgehead atoms. The van der Waals surface area contributed by atoms with Crippen LogP contribution in [-0.2, 0) is 6.54 Å². The molecular weight excluding hydrogens is 332 g/mol. The van der Waals surface area contributed by atoms with Crippen molar-refractivity contribution in [3.05, 3.63) is 72.3 Å². The summed E-state index contributed by atoms with van der Waals surface area (Å²) in [6.07, 6.45) is 4.33. The third-order valence-corrected chi connectivity index (χ3v) is 3.87. The average molecular weight is 352 g/mol. The van der Waals surface area contributed by atoms with Gasteiger partial charge >= 0.3 is 0 Å². The summed E-state index contributed by atoms with van der Waals surface area (Å²) in [5.41, 5.74) is 3.28. The van der Waals surface area contributed by atoms with E-state index in [0.717, 1.165) is 16.7 Å². The molecule has 0 aliphatic rings. The fraction of sp³-hybridized carbons (Fsp3) is 0.211. The zero-order valence-corrected chi connectivity index (χ0v) is 14.1. The number of pyridine rings is 1. The van der Waals surface area contributed by atoms with Crippen molar-refractivity contribution < 1.29 is 15.0 Å². The van der Waals surface area contributed by atoms with E-state index in [2.05, 4.69) is 21.5 Å². The molecule has 134 valence electrons. The van der Waals surface area contributed by atoms with Crippen LogP contribution >= 0.6 is 0 Å². The number of hydrogen-bond donors (Lipinski definition) is 3. The summed E-state index contributed by atoms with van der Waals surface area (Å²) >= 11 is 0. The van der Waals surface area contributed by atoms with Gasteiger partial charge in [-0.15, -0.1) is 0 Å². The minimum absolute atomic E-state index is 0.0196. The molecular formula is C19H20N4O3. The Balaban J connectivity index is 1.69. The zero-order valence-electron chi connectivity index (χ0n) is 14.1. The summed E-state index contributed by atoms with van der Waals surface area (Å²) in [7, 11) is 0. The van der Waals surface area contributed by atoms with Crippen LogP contribution in [0.5, 0.6) is 0 Å². The highest BCUT2D eigenvalue weighted by Gasteiger charge is 2.10. The van der Waals surface area contributed by atoms with Gasteiger partial charge in [-0.3, -0.25) is 14.5 Å². The molecule has 2 heterocycles. The van der Waals surface area contributed by atoms with Crippen molar-refractivity contribution in [2.24, 2.45) is 0 Å². The summed E-state index contributed by atoms with van der Waals surface area (Å²) in [5, 5.41) is 24.8. The van der Waals surface area contributed by atoms with Crippen molar-refractivity contribution in [1.82, 2.24) is 20.1 Å². The van der Waals surface area contributed by atoms with Crippen LogP contribution in [0, 0.1) is 0 Å². The molecule has 26 heavy (non-hydrogen) atoms. The van der Waals surface area contributed by atoms with Gasteiger partial charge in [0.2, 0.25) is 0 Å². The highest BCUT2D eigenvalue weighted by molar-refractivity contribution is 5.92. The van der Waals surface area contributed by atoms with Crippen LogP contribution in [0.2, 0.25) is 0 Å². The molecule has 3 rings (SSSR count). The second-order valence-corrected chi connectivity index (χ2v) is 5.88. The summed E-state index contributed by atoms with van der Waals surface area (Å²) in [5.74, 6) is -0.392. The number of carbonyl (C=O) groups excluding carboxylic acids is 1. The zero-order chi connectivity index (χ0) is 18.4. The van der Waals surface area contributed by atoms with E-state index < -0.39 is 18.6 Å². The number of benzene rings is 1. The van der Waals surface area contributed by atoms with Crippen molar-refractivity contribution >= 4 is 5.91 Å². The van der Waals surface area contributed by atoms with Crippen molar-refractivity contribution in [3.8, 4) is 11.1 Å². The van der Waals surface area contributed by atoms with Gasteiger partial charge in [-0.2, -0.15) is 5.10 Å². The van der Waals surface area contributed by atoms with E-state index in [1.165, 1.54) is 0 Å². The van der Waals surface area contributed by atoms with Gasteiger partial charge in [0.1, 0.15) is 5.69 Å². The highest BCUT2D eigenvalue weighted by atomic mass is 16.3. The SMILES string of the molecule is O=C(NCC(O)CO)c1ccc(-c2cccc(Cn3cccn3)c2)cn1. The Hall–Kier alpha value is -3.03. The van der Waals surface area contributed by atoms with Gasteiger partial charge in [-0.1, -0.05) is 24.3 Å². The number of rotatable bonds is 7. The first-order valence-electron chi connectivity index (χ1n) is 8.25. The fourth-order valence-electron chi connectivity index (χ4n) is 2.49. The van der Waals surface area contributed by atoms with Gasteiger partial charge in [0, 0.05) is 30.7 Å². The molecule has 3 aromatic rings. The van der Waals surface area contributed by atoms with Crippen molar-refractivity contribution in [1.29, 1.82) is 0 Å². The number of carbonyl (C=O) groups is 1. The second-order valence-electron chi connectivity index (χ2n) is 5.88. The Morgan fingerprint density at radius 3 is 2.77 bits per heavy atom. The van der Waals surface area contributed by atoms with Gasteiger partial charge in [0.25, 0.3) is 5.91 Å². The number of aliphatic hydroxyl groups excluding tert-OH is 2. The fourth-order valence-corrected chi connectivity index (χ4v) is 2.49. The van der Waals surface area contributed by atoms with E-state index >= 15 is 0 Å². The van der Waals surface area contributed by atoms with Crippen LogP contribution in [0.15, 0.2) is 61.1 Å². The molecule has 1 amide bonds. The molecule has 1 atom stereocenters. The minimum atomic E-state index is -0.976. The maximum Gasteiger partial charge on any atom is 0.269 e. The Morgan fingerprint density at radius 1 is 1.19 bits per heavy atom. The summed E-state index contributed by atoms with van der Waals surface area (Å²) < 4.78 is 1.85. The number of nitrogens with one attached hydrogen (secondary N) is 1. The van der Waals surface area contributed by atoms with Crippen LogP contribution in [0.4, 0.5) is 0 Å². The number of aliphatic hydroxyl groups is 2. The molecule has 0 aliphatic heterocycles. The first-order valence-corrected chi connectivity index (χ1v) is 8.25. The number of aromatic nitrogens is 3. The number of nitrogens with zero attached hydrogens (tertiary/aromatic N) is 3. The number of amides is 1. The molecule has 0 spiro atoms. The van der Waals surface area contributed by atoms with E-state index in [1.54, 1.807) is 18.5 Å². The molecule has 0 radical (unpaired) electrons. The molecule has 7 heteroatoms. The van der Waals surface area contributed by atoms with Gasteiger partial charge in [-0.05, 0) is 29.3 Å². The van der Waals surface area contributed by atoms with Crippen LogP contribution in [-0.4, -0.2) is 50.1 Å². The Bertz CT molecular complexity index is 847. The van der Waals surface area contributed by atoms with E-state index in [4.69, 9.17) is 5.11 Å². The maximum absolute atomic E-state index is 12.0. The quantitative estimate of drug-likeness (QED) is 0.591. The normalized spacial score (nSPS) is 11.9. The van der Waals surface area contributed by atoms with Gasteiger partial charge in [0.15, 0.2) is 0 Å². The topological polar surface area (TPSA) is 100 Å². The van der Waals surface area contributed by atoms with Crippen LogP contribution in [0.25, 0.3) is 11.1 Å². The number of hydrogen-bond acceptors (Lipinski definition) is 5. The Labute approximate surface area is 150 Å². The first-order chi connectivity index (χ1) is 12.7. The standard InChI is InChI=1S/C19H20N4O3/c24-13-17(25)11-21-19(26)18-6-5-16(10-20-18)15-4-1-3-14(9-15)12-23-8-2-7-22-23/h1-10,17,24-25H,11-13H2,(H,21,26). The molecule has 3 N–H and O–H groups in total. The first kappa shape index (κ1) is 17.8. The Kier molecular flexibility index (Phi) is 5.73. The van der Waals surface area contributed by atoms with Crippen molar-refractivity contribution in [3.63, 3.8) is 0 Å². The molecule has 1 unspecified atom stereocenters. The van der Waals surface area contributed by atoms with Crippen LogP contribution < -0.4 is 5.32 Å².